The van der Waals surface area contributed by atoms with Crippen LogP contribution >= 0.6 is 0 Å². The fraction of sp³-hybridized carbons (Fsp3) is 0.400. The molecule has 0 saturated heterocycles. The Balaban J connectivity index is 1.37. The summed E-state index contributed by atoms with van der Waals surface area (Å²) in [5.74, 6) is 1.96. The van der Waals surface area contributed by atoms with Gasteiger partial charge in [-0.25, -0.2) is 0 Å². The molecule has 0 amide bonds. The highest BCUT2D eigenvalue weighted by Gasteiger charge is 2.59. The SMILES string of the molecule is CC(C)(C)c1ccc2c(c1)B1c3c(cc(C(C)(C)C)cc3N3c4cc(C(C)(C)C)cc5c4B(c4cc(C(C)(C)C)cc6c7cc(C(C)(C)C)ccc7n-5c46)N13)O2. The molecule has 56 heavy (non-hydrogen) atoms. The smallest absolute Gasteiger partial charge is 0.310 e. The van der Waals surface area contributed by atoms with Crippen molar-refractivity contribution in [3.05, 3.63) is 101 Å². The summed E-state index contributed by atoms with van der Waals surface area (Å²) in [7, 11) is 0. The summed E-state index contributed by atoms with van der Waals surface area (Å²) in [5.41, 5.74) is 18.4. The van der Waals surface area contributed by atoms with Gasteiger partial charge in [-0.2, -0.15) is 0 Å². The summed E-state index contributed by atoms with van der Waals surface area (Å²) in [4.78, 5) is 2.76. The summed E-state index contributed by atoms with van der Waals surface area (Å²) in [6.07, 6.45) is 0. The van der Waals surface area contributed by atoms with Crippen LogP contribution in [-0.2, 0) is 27.1 Å². The van der Waals surface area contributed by atoms with Gasteiger partial charge >= 0.3 is 13.7 Å². The third-order valence-electron chi connectivity index (χ3n) is 13.3. The Morgan fingerprint density at radius 3 is 1.54 bits per heavy atom. The zero-order valence-corrected chi connectivity index (χ0v) is 36.3. The van der Waals surface area contributed by atoms with Crippen LogP contribution < -0.4 is 31.6 Å². The number of benzene rings is 5. The molecule has 6 heteroatoms. The first-order chi connectivity index (χ1) is 25.9. The Morgan fingerprint density at radius 1 is 0.429 bits per heavy atom. The van der Waals surface area contributed by atoms with Crippen LogP contribution in [0.1, 0.15) is 132 Å². The van der Waals surface area contributed by atoms with Crippen LogP contribution in [0.4, 0.5) is 11.4 Å². The highest BCUT2D eigenvalue weighted by molar-refractivity contribution is 7.02. The minimum atomic E-state index is -0.0576. The number of anilines is 2. The molecule has 6 aromatic rings. The number of aromatic nitrogens is 1. The lowest BCUT2D eigenvalue weighted by Crippen LogP contribution is -2.66. The topological polar surface area (TPSA) is 20.6 Å². The van der Waals surface area contributed by atoms with Crippen molar-refractivity contribution >= 4 is 68.7 Å². The molecule has 0 unspecified atom stereocenters. The van der Waals surface area contributed by atoms with E-state index in [1.165, 1.54) is 88.5 Å². The third kappa shape index (κ3) is 4.84. The zero-order chi connectivity index (χ0) is 40.0. The van der Waals surface area contributed by atoms with E-state index in [2.05, 4.69) is 191 Å². The second-order valence-corrected chi connectivity index (χ2v) is 22.5. The van der Waals surface area contributed by atoms with E-state index >= 15 is 0 Å². The van der Waals surface area contributed by atoms with E-state index in [-0.39, 0.29) is 40.8 Å². The monoisotopic (exact) mass is 737 g/mol. The second-order valence-electron chi connectivity index (χ2n) is 22.5. The van der Waals surface area contributed by atoms with Gasteiger partial charge in [-0.15, -0.1) is 0 Å². The zero-order valence-electron chi connectivity index (χ0n) is 36.3. The molecule has 0 N–H and O–H groups in total. The number of nitrogens with zero attached hydrogens (tertiary/aromatic N) is 3. The molecule has 4 aliphatic rings. The number of hydrazine groups is 1. The number of hydrogen-bond donors (Lipinski definition) is 0. The van der Waals surface area contributed by atoms with E-state index in [1.807, 2.05) is 0 Å². The van der Waals surface area contributed by atoms with Gasteiger partial charge in [-0.1, -0.05) is 128 Å². The first-order valence-corrected chi connectivity index (χ1v) is 20.8. The van der Waals surface area contributed by atoms with Crippen molar-refractivity contribution in [1.82, 2.24) is 9.40 Å². The van der Waals surface area contributed by atoms with E-state index in [9.17, 15) is 0 Å². The second kappa shape index (κ2) is 10.7. The van der Waals surface area contributed by atoms with Crippen molar-refractivity contribution in [1.29, 1.82) is 0 Å². The Labute approximate surface area is 335 Å². The summed E-state index contributed by atoms with van der Waals surface area (Å²) >= 11 is 0. The van der Waals surface area contributed by atoms with Gasteiger partial charge in [0.25, 0.3) is 0 Å². The van der Waals surface area contributed by atoms with Crippen molar-refractivity contribution < 1.29 is 4.74 Å². The normalized spacial score (nSPS) is 16.1. The van der Waals surface area contributed by atoms with Crippen LogP contribution in [0.15, 0.2) is 72.8 Å². The molecule has 10 rings (SSSR count). The molecule has 4 nitrogen and oxygen atoms in total. The van der Waals surface area contributed by atoms with Gasteiger partial charge in [-0.3, -0.25) is 9.84 Å². The third-order valence-corrected chi connectivity index (χ3v) is 13.3. The minimum Gasteiger partial charge on any atom is -0.458 e. The van der Waals surface area contributed by atoms with Crippen molar-refractivity contribution in [2.75, 3.05) is 5.01 Å². The molecule has 0 aliphatic carbocycles. The highest BCUT2D eigenvalue weighted by atomic mass is 16.5. The lowest BCUT2D eigenvalue weighted by Gasteiger charge is -2.35. The number of hydrogen-bond acceptors (Lipinski definition) is 3. The van der Waals surface area contributed by atoms with Crippen LogP contribution in [-0.4, -0.2) is 23.1 Å². The Kier molecular flexibility index (Phi) is 6.90. The number of fused-ring (bicyclic) bond motifs is 12. The minimum absolute atomic E-state index is 0.000159. The van der Waals surface area contributed by atoms with Crippen molar-refractivity contribution in [3.8, 4) is 17.2 Å². The average molecular weight is 738 g/mol. The molecular formula is C50H57B2N3O. The van der Waals surface area contributed by atoms with E-state index in [0.717, 1.165) is 11.5 Å². The molecule has 0 fully saturated rings. The predicted octanol–water partition coefficient (Wildman–Crippen LogP) is 10.3. The first-order valence-electron chi connectivity index (χ1n) is 20.8. The average Bonchev–Trinajstić information content (AvgIpc) is 3.72. The first kappa shape index (κ1) is 36.0. The van der Waals surface area contributed by atoms with Crippen LogP contribution in [0, 0.1) is 0 Å². The van der Waals surface area contributed by atoms with E-state index in [0.29, 0.717) is 0 Å². The molecule has 0 atom stereocenters. The van der Waals surface area contributed by atoms with Gasteiger partial charge < -0.3 is 9.30 Å². The number of ether oxygens (including phenoxy) is 1. The quantitative estimate of drug-likeness (QED) is 0.145. The predicted molar refractivity (Wildman–Crippen MR) is 241 cm³/mol. The molecular weight excluding hydrogens is 680 g/mol. The van der Waals surface area contributed by atoms with Crippen LogP contribution in [0.25, 0.3) is 27.5 Å². The molecule has 0 radical (unpaired) electrons. The van der Waals surface area contributed by atoms with Gasteiger partial charge in [0.05, 0.1) is 22.4 Å². The van der Waals surface area contributed by atoms with Gasteiger partial charge in [0, 0.05) is 21.9 Å². The van der Waals surface area contributed by atoms with Crippen LogP contribution in [0.2, 0.25) is 0 Å². The lowest BCUT2D eigenvalue weighted by atomic mass is 9.38. The van der Waals surface area contributed by atoms with Gasteiger partial charge in [0.2, 0.25) is 0 Å². The highest BCUT2D eigenvalue weighted by Crippen LogP contribution is 2.49. The van der Waals surface area contributed by atoms with E-state index in [4.69, 9.17) is 4.74 Å². The molecule has 0 saturated carbocycles. The van der Waals surface area contributed by atoms with E-state index in [1.54, 1.807) is 0 Å². The molecule has 1 aromatic heterocycles. The molecule has 284 valence electrons. The molecule has 5 aromatic carbocycles. The fourth-order valence-corrected chi connectivity index (χ4v) is 9.87. The molecule has 4 aliphatic heterocycles. The molecule has 5 heterocycles. The summed E-state index contributed by atoms with van der Waals surface area (Å²) < 4.78 is 9.65. The van der Waals surface area contributed by atoms with Gasteiger partial charge in [0.1, 0.15) is 11.5 Å². The standard InChI is InChI=1S/C50H57B2N3O/c1-46(2,3)28-16-18-37-33(20-28)34-21-30(48(7,8)9)23-36-45(34)53(37)38-24-31(49(10,11)12)25-39-43(38)52(36)55-51-35-22-29(47(4,5)6)17-19-41(35)56-42-27-32(50(13,14)15)26-40(44(42)51)54(39)55/h16-27H,1-15H3. The van der Waals surface area contributed by atoms with E-state index < -0.39 is 0 Å². The van der Waals surface area contributed by atoms with Crippen LogP contribution in [0.3, 0.4) is 0 Å². The van der Waals surface area contributed by atoms with Gasteiger partial charge in [-0.05, 0) is 120 Å². The van der Waals surface area contributed by atoms with Crippen molar-refractivity contribution in [2.24, 2.45) is 0 Å². The maximum Gasteiger partial charge on any atom is 0.310 e. The summed E-state index contributed by atoms with van der Waals surface area (Å²) in [5, 5.41) is 5.33. The Bertz CT molecular complexity index is 2720. The fourth-order valence-electron chi connectivity index (χ4n) is 9.87. The molecule has 0 bridgehead atoms. The van der Waals surface area contributed by atoms with Crippen LogP contribution in [0.5, 0.6) is 11.5 Å². The molecule has 0 spiro atoms. The summed E-state index contributed by atoms with van der Waals surface area (Å²) in [6.45, 7) is 35.1. The van der Waals surface area contributed by atoms with Crippen molar-refractivity contribution in [2.45, 2.75) is 131 Å². The Hall–Kier alpha value is -4.41. The lowest BCUT2D eigenvalue weighted by molar-refractivity contribution is 0.482. The Morgan fingerprint density at radius 2 is 0.911 bits per heavy atom. The largest absolute Gasteiger partial charge is 0.458 e. The number of rotatable bonds is 0. The maximum absolute atomic E-state index is 7.01. The maximum atomic E-state index is 7.01. The van der Waals surface area contributed by atoms with Crippen molar-refractivity contribution in [3.63, 3.8) is 0 Å². The summed E-state index contributed by atoms with van der Waals surface area (Å²) in [6, 6.07) is 29.2. The van der Waals surface area contributed by atoms with Gasteiger partial charge in [0.15, 0.2) is 0 Å².